The van der Waals surface area contributed by atoms with E-state index in [9.17, 15) is 5.11 Å². The first-order valence-electron chi connectivity index (χ1n) is 3.35. The molecule has 67 valence electrons. The van der Waals surface area contributed by atoms with Crippen molar-refractivity contribution >= 4 is 45.5 Å². The molecule has 1 radical (unpaired) electrons. The molecule has 1 rings (SSSR count). The number of aromatic hydroxyl groups is 1. The Morgan fingerprint density at radius 1 is 1.46 bits per heavy atom. The summed E-state index contributed by atoms with van der Waals surface area (Å²) < 4.78 is 5.64. The van der Waals surface area contributed by atoms with Crippen molar-refractivity contribution in [3.8, 4) is 11.5 Å². The molecule has 0 aliphatic heterocycles. The molecule has 0 heterocycles. The average Bonchev–Trinajstić information content (AvgIpc) is 2.08. The van der Waals surface area contributed by atoms with Gasteiger partial charge in [-0.25, -0.2) is 0 Å². The zero-order valence-corrected chi connectivity index (χ0v) is 11.1. The number of methoxy groups -OCH3 is 1. The molecule has 0 saturated carbocycles. The van der Waals surface area contributed by atoms with Gasteiger partial charge in [0, 0.05) is 39.6 Å². The van der Waals surface area contributed by atoms with Crippen LogP contribution in [0.3, 0.4) is 0 Å². The van der Waals surface area contributed by atoms with Crippen molar-refractivity contribution in [1.82, 2.24) is 0 Å². The topological polar surface area (TPSA) is 49.7 Å². The molecule has 2 N–H and O–H groups in total. The number of benzene rings is 1. The Balaban J connectivity index is 0.00000144. The van der Waals surface area contributed by atoms with E-state index in [4.69, 9.17) is 9.84 Å². The van der Waals surface area contributed by atoms with Crippen molar-refractivity contribution in [1.29, 1.82) is 0 Å². The van der Waals surface area contributed by atoms with Crippen LogP contribution in [0.2, 0.25) is 0 Å². The molecule has 5 heteroatoms. The molecule has 13 heavy (non-hydrogen) atoms. The third kappa shape index (κ3) is 3.14. The van der Waals surface area contributed by atoms with Gasteiger partial charge in [0.05, 0.1) is 13.7 Å². The van der Waals surface area contributed by atoms with Crippen LogP contribution >= 0.6 is 15.9 Å². The average molecular weight is 256 g/mol. The Bertz CT molecular complexity index is 266. The molecule has 0 atom stereocenters. The van der Waals surface area contributed by atoms with Gasteiger partial charge in [-0.2, -0.15) is 0 Å². The van der Waals surface area contributed by atoms with Gasteiger partial charge >= 0.3 is 0 Å². The molecule has 0 aliphatic carbocycles. The molecule has 1 aromatic carbocycles. The first-order chi connectivity index (χ1) is 5.69. The fourth-order valence-corrected chi connectivity index (χ4v) is 1.39. The van der Waals surface area contributed by atoms with Gasteiger partial charge in [-0.1, -0.05) is 15.9 Å². The van der Waals surface area contributed by atoms with Crippen LogP contribution in [-0.4, -0.2) is 46.9 Å². The number of aliphatic hydroxyl groups excluding tert-OH is 1. The predicted molar refractivity (Wildman–Crippen MR) is 54.0 cm³/mol. The summed E-state index contributed by atoms with van der Waals surface area (Å²) in [5.74, 6) is 0.344. The number of halogens is 1. The van der Waals surface area contributed by atoms with E-state index in [-0.39, 0.29) is 41.9 Å². The van der Waals surface area contributed by atoms with E-state index in [1.807, 2.05) is 0 Å². The van der Waals surface area contributed by atoms with Crippen molar-refractivity contribution < 1.29 is 14.9 Å². The quantitative estimate of drug-likeness (QED) is 0.783. The van der Waals surface area contributed by atoms with E-state index in [1.54, 1.807) is 12.1 Å². The number of rotatable bonds is 2. The minimum Gasteiger partial charge on any atom is -0.504 e. The van der Waals surface area contributed by atoms with E-state index in [0.717, 1.165) is 4.47 Å². The summed E-state index contributed by atoms with van der Waals surface area (Å²) in [6.07, 6.45) is 0. The van der Waals surface area contributed by atoms with Crippen LogP contribution in [0.25, 0.3) is 0 Å². The van der Waals surface area contributed by atoms with Gasteiger partial charge in [0.1, 0.15) is 0 Å². The maximum Gasteiger partial charge on any atom is 0.163 e. The molecule has 0 aliphatic rings. The molecule has 0 spiro atoms. The Morgan fingerprint density at radius 2 is 2.08 bits per heavy atom. The first kappa shape index (κ1) is 13.3. The van der Waals surface area contributed by atoms with Crippen molar-refractivity contribution in [3.05, 3.63) is 22.2 Å². The first-order valence-corrected chi connectivity index (χ1v) is 4.14. The van der Waals surface area contributed by atoms with Gasteiger partial charge in [-0.05, 0) is 12.1 Å². The van der Waals surface area contributed by atoms with Crippen molar-refractivity contribution in [2.75, 3.05) is 7.11 Å². The maximum absolute atomic E-state index is 9.41. The van der Waals surface area contributed by atoms with Gasteiger partial charge in [-0.15, -0.1) is 0 Å². The zero-order valence-electron chi connectivity index (χ0n) is 7.54. The van der Waals surface area contributed by atoms with Crippen molar-refractivity contribution in [2.45, 2.75) is 6.61 Å². The molecule has 0 saturated heterocycles. The maximum atomic E-state index is 9.41. The molecule has 1 aromatic rings. The fourth-order valence-electron chi connectivity index (χ4n) is 0.904. The molecule has 0 amide bonds. The molecular weight excluding hydrogens is 247 g/mol. The summed E-state index contributed by atoms with van der Waals surface area (Å²) in [4.78, 5) is 0. The monoisotopic (exact) mass is 255 g/mol. The number of ether oxygens (including phenoxy) is 1. The van der Waals surface area contributed by atoms with E-state index in [1.165, 1.54) is 7.11 Å². The minimum atomic E-state index is -0.207. The second kappa shape index (κ2) is 5.88. The van der Waals surface area contributed by atoms with Crippen LogP contribution in [0.15, 0.2) is 16.6 Å². The summed E-state index contributed by atoms with van der Waals surface area (Å²) in [5.41, 5.74) is 0.446. The summed E-state index contributed by atoms with van der Waals surface area (Å²) in [5, 5.41) is 18.2. The Kier molecular flexibility index (Phi) is 6.00. The SMILES string of the molecule is COc1cc(Br)cc(CO)c1O.[Na]. The molecule has 0 fully saturated rings. The Morgan fingerprint density at radius 3 is 2.54 bits per heavy atom. The van der Waals surface area contributed by atoms with E-state index in [0.29, 0.717) is 11.3 Å². The van der Waals surface area contributed by atoms with Crippen LogP contribution in [-0.2, 0) is 6.61 Å². The minimum absolute atomic E-state index is 0. The third-order valence-corrected chi connectivity index (χ3v) is 1.97. The van der Waals surface area contributed by atoms with Gasteiger partial charge in [-0.3, -0.25) is 0 Å². The Labute approximate surface area is 107 Å². The van der Waals surface area contributed by atoms with Crippen molar-refractivity contribution in [2.24, 2.45) is 0 Å². The predicted octanol–water partition coefficient (Wildman–Crippen LogP) is 1.27. The summed E-state index contributed by atoms with van der Waals surface area (Å²) in [7, 11) is 1.46. The van der Waals surface area contributed by atoms with Crippen LogP contribution in [0.5, 0.6) is 11.5 Å². The van der Waals surface area contributed by atoms with Crippen LogP contribution in [0, 0.1) is 0 Å². The van der Waals surface area contributed by atoms with Gasteiger partial charge < -0.3 is 14.9 Å². The molecule has 0 unspecified atom stereocenters. The van der Waals surface area contributed by atoms with Crippen LogP contribution in [0.1, 0.15) is 5.56 Å². The third-order valence-electron chi connectivity index (χ3n) is 1.51. The fraction of sp³-hybridized carbons (Fsp3) is 0.250. The standard InChI is InChI=1S/C8H9BrO3.Na/c1-12-7-3-6(9)2-5(4-10)8(7)11;/h2-3,10-11H,4H2,1H3;. The van der Waals surface area contributed by atoms with Gasteiger partial charge in [0.25, 0.3) is 0 Å². The number of hydrogen-bond acceptors (Lipinski definition) is 3. The smallest absolute Gasteiger partial charge is 0.163 e. The van der Waals surface area contributed by atoms with Crippen LogP contribution in [0.4, 0.5) is 0 Å². The van der Waals surface area contributed by atoms with Crippen molar-refractivity contribution in [3.63, 3.8) is 0 Å². The van der Waals surface area contributed by atoms with Gasteiger partial charge in [0.2, 0.25) is 0 Å². The second-order valence-corrected chi connectivity index (χ2v) is 3.19. The molecular formula is C8H9BrNaO3. The summed E-state index contributed by atoms with van der Waals surface area (Å²) in [6, 6.07) is 3.27. The summed E-state index contributed by atoms with van der Waals surface area (Å²) in [6.45, 7) is -0.207. The molecule has 3 nitrogen and oxygen atoms in total. The number of aliphatic hydroxyl groups is 1. The number of phenols is 1. The van der Waals surface area contributed by atoms with Crippen LogP contribution < -0.4 is 4.74 Å². The summed E-state index contributed by atoms with van der Waals surface area (Å²) >= 11 is 3.23. The molecule has 0 aromatic heterocycles. The van der Waals surface area contributed by atoms with E-state index >= 15 is 0 Å². The second-order valence-electron chi connectivity index (χ2n) is 2.27. The van der Waals surface area contributed by atoms with E-state index in [2.05, 4.69) is 15.9 Å². The normalized spacial score (nSPS) is 9.15. The number of hydrogen-bond donors (Lipinski definition) is 2. The zero-order chi connectivity index (χ0) is 9.14. The van der Waals surface area contributed by atoms with E-state index < -0.39 is 0 Å². The largest absolute Gasteiger partial charge is 0.504 e. The van der Waals surface area contributed by atoms with Gasteiger partial charge in [0.15, 0.2) is 11.5 Å². The molecule has 0 bridgehead atoms. The Hall–Kier alpha value is 0.260.